The first-order valence-electron chi connectivity index (χ1n) is 5.96. The van der Waals surface area contributed by atoms with Crippen LogP contribution in [0.3, 0.4) is 0 Å². The fourth-order valence-electron chi connectivity index (χ4n) is 1.73. The van der Waals surface area contributed by atoms with E-state index >= 15 is 0 Å². The lowest BCUT2D eigenvalue weighted by Crippen LogP contribution is -2.13. The van der Waals surface area contributed by atoms with Gasteiger partial charge in [-0.25, -0.2) is 13.2 Å². The van der Waals surface area contributed by atoms with Crippen molar-refractivity contribution in [3.63, 3.8) is 0 Å². The second kappa shape index (κ2) is 6.17. The molecule has 0 bridgehead atoms. The first-order valence-corrected chi connectivity index (χ1v) is 9.12. The third-order valence-electron chi connectivity index (χ3n) is 2.79. The van der Waals surface area contributed by atoms with E-state index < -0.39 is 16.0 Å². The maximum absolute atomic E-state index is 12.3. The van der Waals surface area contributed by atoms with Crippen LogP contribution in [0, 0.1) is 0 Å². The SMILES string of the molecule is CCc1cc(Br)ccc1NS(=O)(=O)c1csc(C(=O)O)c1. The highest BCUT2D eigenvalue weighted by molar-refractivity contribution is 9.10. The fraction of sp³-hybridized carbons (Fsp3) is 0.154. The summed E-state index contributed by atoms with van der Waals surface area (Å²) in [5, 5.41) is 10.2. The molecule has 0 atom stereocenters. The summed E-state index contributed by atoms with van der Waals surface area (Å²) in [6.07, 6.45) is 0.668. The quantitative estimate of drug-likeness (QED) is 0.818. The second-order valence-electron chi connectivity index (χ2n) is 4.21. The zero-order valence-electron chi connectivity index (χ0n) is 11.0. The van der Waals surface area contributed by atoms with E-state index in [1.165, 1.54) is 5.38 Å². The van der Waals surface area contributed by atoms with Crippen molar-refractivity contribution in [2.75, 3.05) is 4.72 Å². The zero-order valence-corrected chi connectivity index (χ0v) is 14.2. The highest BCUT2D eigenvalue weighted by Crippen LogP contribution is 2.26. The highest BCUT2D eigenvalue weighted by Gasteiger charge is 2.19. The molecule has 1 aromatic carbocycles. The van der Waals surface area contributed by atoms with Crippen LogP contribution in [0.2, 0.25) is 0 Å². The Morgan fingerprint density at radius 1 is 1.38 bits per heavy atom. The maximum Gasteiger partial charge on any atom is 0.345 e. The third-order valence-corrected chi connectivity index (χ3v) is 5.69. The van der Waals surface area contributed by atoms with Gasteiger partial charge in [0.25, 0.3) is 10.0 Å². The minimum absolute atomic E-state index is 0.0121. The number of benzene rings is 1. The number of nitrogens with one attached hydrogen (secondary N) is 1. The average Bonchev–Trinajstić information content (AvgIpc) is 2.91. The molecular weight excluding hydrogens is 378 g/mol. The summed E-state index contributed by atoms with van der Waals surface area (Å²) in [6.45, 7) is 1.92. The number of thiophene rings is 1. The molecule has 5 nitrogen and oxygen atoms in total. The molecule has 0 amide bonds. The molecule has 2 N–H and O–H groups in total. The summed E-state index contributed by atoms with van der Waals surface area (Å²) in [5.41, 5.74) is 1.34. The zero-order chi connectivity index (χ0) is 15.6. The summed E-state index contributed by atoms with van der Waals surface area (Å²) in [4.78, 5) is 10.8. The van der Waals surface area contributed by atoms with Gasteiger partial charge in [-0.3, -0.25) is 4.72 Å². The summed E-state index contributed by atoms with van der Waals surface area (Å²) in [7, 11) is -3.79. The predicted octanol–water partition coefficient (Wildman–Crippen LogP) is 3.57. The van der Waals surface area contributed by atoms with Gasteiger partial charge in [-0.15, -0.1) is 11.3 Å². The van der Waals surface area contributed by atoms with Crippen molar-refractivity contribution in [1.82, 2.24) is 0 Å². The molecule has 0 saturated heterocycles. The number of hydrogen-bond acceptors (Lipinski definition) is 4. The molecule has 0 spiro atoms. The molecular formula is C13H12BrNO4S2. The van der Waals surface area contributed by atoms with Gasteiger partial charge in [0.15, 0.2) is 0 Å². The number of aromatic carboxylic acids is 1. The topological polar surface area (TPSA) is 83.5 Å². The molecule has 0 radical (unpaired) electrons. The van der Waals surface area contributed by atoms with Crippen molar-refractivity contribution in [3.8, 4) is 0 Å². The number of carbonyl (C=O) groups is 1. The Kier molecular flexibility index (Phi) is 4.70. The molecule has 0 aliphatic carbocycles. The first kappa shape index (κ1) is 16.0. The Balaban J connectivity index is 2.35. The van der Waals surface area contributed by atoms with Gasteiger partial charge in [0.05, 0.1) is 10.6 Å². The molecule has 2 rings (SSSR count). The third kappa shape index (κ3) is 3.63. The van der Waals surface area contributed by atoms with Crippen LogP contribution in [0.4, 0.5) is 5.69 Å². The van der Waals surface area contributed by atoms with Gasteiger partial charge in [-0.1, -0.05) is 22.9 Å². The molecule has 21 heavy (non-hydrogen) atoms. The van der Waals surface area contributed by atoms with E-state index in [-0.39, 0.29) is 9.77 Å². The lowest BCUT2D eigenvalue weighted by Gasteiger charge is -2.11. The van der Waals surface area contributed by atoms with E-state index in [4.69, 9.17) is 5.11 Å². The van der Waals surface area contributed by atoms with Crippen LogP contribution in [0.1, 0.15) is 22.2 Å². The van der Waals surface area contributed by atoms with Crippen LogP contribution in [0.5, 0.6) is 0 Å². The summed E-state index contributed by atoms with van der Waals surface area (Å²) < 4.78 is 27.9. The van der Waals surface area contributed by atoms with Crippen molar-refractivity contribution in [2.24, 2.45) is 0 Å². The molecule has 0 fully saturated rings. The minimum atomic E-state index is -3.79. The van der Waals surface area contributed by atoms with Gasteiger partial charge in [0, 0.05) is 9.85 Å². The summed E-state index contributed by atoms with van der Waals surface area (Å²) in [6, 6.07) is 6.41. The molecule has 1 heterocycles. The molecule has 0 unspecified atom stereocenters. The first-order chi connectivity index (χ1) is 9.83. The van der Waals surface area contributed by atoms with Gasteiger partial charge < -0.3 is 5.11 Å². The average molecular weight is 390 g/mol. The monoisotopic (exact) mass is 389 g/mol. The number of hydrogen-bond donors (Lipinski definition) is 2. The number of rotatable bonds is 5. The van der Waals surface area contributed by atoms with E-state index in [0.717, 1.165) is 27.4 Å². The van der Waals surface area contributed by atoms with Crippen LogP contribution >= 0.6 is 27.3 Å². The van der Waals surface area contributed by atoms with Crippen molar-refractivity contribution in [2.45, 2.75) is 18.2 Å². The lowest BCUT2D eigenvalue weighted by atomic mass is 10.1. The molecule has 1 aromatic heterocycles. The van der Waals surface area contributed by atoms with E-state index in [9.17, 15) is 13.2 Å². The summed E-state index contributed by atoms with van der Waals surface area (Å²) in [5.74, 6) is -1.14. The van der Waals surface area contributed by atoms with Crippen LogP contribution in [0.15, 0.2) is 39.0 Å². The summed E-state index contributed by atoms with van der Waals surface area (Å²) >= 11 is 4.22. The van der Waals surface area contributed by atoms with Crippen molar-refractivity contribution >= 4 is 48.9 Å². The second-order valence-corrected chi connectivity index (χ2v) is 7.72. The standard InChI is InChI=1S/C13H12BrNO4S2/c1-2-8-5-9(14)3-4-11(8)15-21(18,19)10-6-12(13(16)17)20-7-10/h3-7,15H,2H2,1H3,(H,16,17). The van der Waals surface area contributed by atoms with E-state index in [0.29, 0.717) is 12.1 Å². The van der Waals surface area contributed by atoms with E-state index in [2.05, 4.69) is 20.7 Å². The van der Waals surface area contributed by atoms with Crippen LogP contribution in [0.25, 0.3) is 0 Å². The van der Waals surface area contributed by atoms with Gasteiger partial charge in [-0.05, 0) is 36.2 Å². The number of sulfonamides is 1. The Morgan fingerprint density at radius 3 is 2.67 bits per heavy atom. The largest absolute Gasteiger partial charge is 0.477 e. The Bertz CT molecular complexity index is 783. The number of carboxylic acids is 1. The Labute approximate surface area is 134 Å². The van der Waals surface area contributed by atoms with Gasteiger partial charge in [0.1, 0.15) is 4.88 Å². The van der Waals surface area contributed by atoms with Gasteiger partial charge in [-0.2, -0.15) is 0 Å². The predicted molar refractivity (Wildman–Crippen MR) is 85.6 cm³/mol. The molecule has 112 valence electrons. The van der Waals surface area contributed by atoms with Crippen LogP contribution < -0.4 is 4.72 Å². The normalized spacial score (nSPS) is 11.3. The molecule has 0 saturated carbocycles. The maximum atomic E-state index is 12.3. The van der Waals surface area contributed by atoms with E-state index in [1.54, 1.807) is 12.1 Å². The van der Waals surface area contributed by atoms with Crippen molar-refractivity contribution in [3.05, 3.63) is 44.6 Å². The van der Waals surface area contributed by atoms with Crippen LogP contribution in [-0.2, 0) is 16.4 Å². The molecule has 0 aliphatic rings. The van der Waals surface area contributed by atoms with Gasteiger partial charge in [0.2, 0.25) is 0 Å². The Hall–Kier alpha value is -1.38. The number of carboxylic acid groups (broad SMARTS) is 1. The fourth-order valence-corrected chi connectivity index (χ4v) is 4.35. The van der Waals surface area contributed by atoms with E-state index in [1.807, 2.05) is 13.0 Å². The lowest BCUT2D eigenvalue weighted by molar-refractivity contribution is 0.0702. The molecule has 0 aliphatic heterocycles. The highest BCUT2D eigenvalue weighted by atomic mass is 79.9. The molecule has 2 aromatic rings. The van der Waals surface area contributed by atoms with Gasteiger partial charge >= 0.3 is 5.97 Å². The number of anilines is 1. The smallest absolute Gasteiger partial charge is 0.345 e. The Morgan fingerprint density at radius 2 is 2.10 bits per heavy atom. The molecule has 8 heteroatoms. The van der Waals surface area contributed by atoms with Crippen molar-refractivity contribution in [1.29, 1.82) is 0 Å². The number of halogens is 1. The minimum Gasteiger partial charge on any atom is -0.477 e. The number of aryl methyl sites for hydroxylation is 1. The van der Waals surface area contributed by atoms with Crippen LogP contribution in [-0.4, -0.2) is 19.5 Å². The van der Waals surface area contributed by atoms with Crippen molar-refractivity contribution < 1.29 is 18.3 Å².